The van der Waals surface area contributed by atoms with Crippen molar-refractivity contribution in [1.82, 2.24) is 15.5 Å². The highest BCUT2D eigenvalue weighted by atomic mass is 32.2. The summed E-state index contributed by atoms with van der Waals surface area (Å²) in [5.41, 5.74) is 0.895. The van der Waals surface area contributed by atoms with Gasteiger partial charge >= 0.3 is 12.0 Å². The van der Waals surface area contributed by atoms with Crippen molar-refractivity contribution < 1.29 is 23.9 Å². The number of rotatable bonds is 7. The van der Waals surface area contributed by atoms with E-state index < -0.39 is 24.5 Å². The van der Waals surface area contributed by atoms with Crippen molar-refractivity contribution in [3.05, 3.63) is 35.9 Å². The minimum atomic E-state index is -0.716. The third-order valence-electron chi connectivity index (χ3n) is 3.34. The minimum Gasteiger partial charge on any atom is -0.456 e. The van der Waals surface area contributed by atoms with Crippen LogP contribution in [0.15, 0.2) is 30.3 Å². The van der Waals surface area contributed by atoms with Crippen molar-refractivity contribution in [3.63, 3.8) is 0 Å². The number of imide groups is 1. The number of nitrogens with one attached hydrogen (secondary N) is 2. The van der Waals surface area contributed by atoms with Gasteiger partial charge in [-0.25, -0.2) is 4.79 Å². The summed E-state index contributed by atoms with van der Waals surface area (Å²) in [4.78, 5) is 47.6. The Hall–Kier alpha value is -2.55. The van der Waals surface area contributed by atoms with Crippen LogP contribution in [0.2, 0.25) is 0 Å². The molecule has 2 rings (SSSR count). The van der Waals surface area contributed by atoms with Gasteiger partial charge in [-0.05, 0) is 5.56 Å². The number of thioether (sulfide) groups is 1. The zero-order valence-corrected chi connectivity index (χ0v) is 14.3. The molecule has 0 radical (unpaired) electrons. The fraction of sp³-hybridized carbons (Fsp3) is 0.375. The standard InChI is InChI=1S/C16H19N3O5S/c20-13(18-15(22)17-10-12-4-2-1-3-5-12)11-24-14(21)6-7-19-8-9-25-16(19)23/h1-5H,6-11H2,(H2,17,18,20,22). The topological polar surface area (TPSA) is 105 Å². The molecule has 8 nitrogen and oxygen atoms in total. The van der Waals surface area contributed by atoms with Crippen LogP contribution >= 0.6 is 11.8 Å². The molecule has 134 valence electrons. The molecule has 0 unspecified atom stereocenters. The van der Waals surface area contributed by atoms with Crippen molar-refractivity contribution in [1.29, 1.82) is 0 Å². The molecule has 0 spiro atoms. The van der Waals surface area contributed by atoms with E-state index >= 15 is 0 Å². The Labute approximate surface area is 149 Å². The Morgan fingerprint density at radius 2 is 1.96 bits per heavy atom. The average molecular weight is 365 g/mol. The molecule has 1 saturated heterocycles. The summed E-state index contributed by atoms with van der Waals surface area (Å²) in [5, 5.41) is 4.55. The van der Waals surface area contributed by atoms with E-state index in [0.29, 0.717) is 12.3 Å². The normalized spacial score (nSPS) is 13.4. The van der Waals surface area contributed by atoms with E-state index in [1.54, 1.807) is 4.90 Å². The molecule has 0 aromatic heterocycles. The predicted molar refractivity (Wildman–Crippen MR) is 91.8 cm³/mol. The SMILES string of the molecule is O=C(COC(=O)CCN1CCSC1=O)NC(=O)NCc1ccccc1. The van der Waals surface area contributed by atoms with Crippen molar-refractivity contribution in [2.75, 3.05) is 25.4 Å². The molecule has 1 aliphatic rings. The molecule has 25 heavy (non-hydrogen) atoms. The third-order valence-corrected chi connectivity index (χ3v) is 4.24. The molecule has 1 aromatic carbocycles. The maximum atomic E-state index is 11.6. The number of nitrogens with zero attached hydrogens (tertiary/aromatic N) is 1. The van der Waals surface area contributed by atoms with Crippen LogP contribution in [0.3, 0.4) is 0 Å². The first-order chi connectivity index (χ1) is 12.0. The van der Waals surface area contributed by atoms with Crippen LogP contribution in [-0.2, 0) is 20.9 Å². The molecule has 1 heterocycles. The fourth-order valence-corrected chi connectivity index (χ4v) is 2.91. The van der Waals surface area contributed by atoms with Crippen LogP contribution in [0.25, 0.3) is 0 Å². The van der Waals surface area contributed by atoms with Crippen LogP contribution in [-0.4, -0.2) is 53.5 Å². The maximum absolute atomic E-state index is 11.6. The van der Waals surface area contributed by atoms with Gasteiger partial charge in [0.15, 0.2) is 6.61 Å². The molecule has 1 aromatic rings. The van der Waals surface area contributed by atoms with Gasteiger partial charge in [0, 0.05) is 25.4 Å². The van der Waals surface area contributed by atoms with E-state index in [1.807, 2.05) is 30.3 Å². The summed E-state index contributed by atoms with van der Waals surface area (Å²) in [6.07, 6.45) is 0.0137. The van der Waals surface area contributed by atoms with Gasteiger partial charge in [-0.2, -0.15) is 0 Å². The Balaban J connectivity index is 1.58. The Morgan fingerprint density at radius 3 is 2.64 bits per heavy atom. The lowest BCUT2D eigenvalue weighted by Crippen LogP contribution is -2.41. The molecule has 0 aliphatic carbocycles. The van der Waals surface area contributed by atoms with E-state index in [1.165, 1.54) is 11.8 Å². The van der Waals surface area contributed by atoms with E-state index in [0.717, 1.165) is 5.56 Å². The van der Waals surface area contributed by atoms with Crippen LogP contribution in [0, 0.1) is 0 Å². The number of benzene rings is 1. The quantitative estimate of drug-likeness (QED) is 0.702. The van der Waals surface area contributed by atoms with Crippen LogP contribution in [0.4, 0.5) is 9.59 Å². The predicted octanol–water partition coefficient (Wildman–Crippen LogP) is 1.11. The first kappa shape index (κ1) is 18.8. The molecular weight excluding hydrogens is 346 g/mol. The summed E-state index contributed by atoms with van der Waals surface area (Å²) >= 11 is 1.21. The largest absolute Gasteiger partial charge is 0.456 e. The highest BCUT2D eigenvalue weighted by Gasteiger charge is 2.21. The van der Waals surface area contributed by atoms with Crippen molar-refractivity contribution in [3.8, 4) is 0 Å². The molecule has 1 aliphatic heterocycles. The zero-order valence-electron chi connectivity index (χ0n) is 13.5. The lowest BCUT2D eigenvalue weighted by molar-refractivity contribution is -0.148. The van der Waals surface area contributed by atoms with Crippen LogP contribution in [0.1, 0.15) is 12.0 Å². The number of ether oxygens (including phenoxy) is 1. The van der Waals surface area contributed by atoms with Gasteiger partial charge in [0.2, 0.25) is 0 Å². The second kappa shape index (κ2) is 9.67. The summed E-state index contributed by atoms with van der Waals surface area (Å²) < 4.78 is 4.79. The second-order valence-electron chi connectivity index (χ2n) is 5.23. The van der Waals surface area contributed by atoms with Crippen molar-refractivity contribution >= 4 is 34.9 Å². The average Bonchev–Trinajstić information content (AvgIpc) is 3.02. The number of amides is 4. The van der Waals surface area contributed by atoms with Crippen molar-refractivity contribution in [2.45, 2.75) is 13.0 Å². The van der Waals surface area contributed by atoms with Gasteiger partial charge in [0.1, 0.15) is 0 Å². The van der Waals surface area contributed by atoms with Gasteiger partial charge in [0.05, 0.1) is 6.42 Å². The van der Waals surface area contributed by atoms with E-state index in [-0.39, 0.29) is 24.7 Å². The van der Waals surface area contributed by atoms with Gasteiger partial charge in [-0.1, -0.05) is 42.1 Å². The van der Waals surface area contributed by atoms with Gasteiger partial charge in [0.25, 0.3) is 11.1 Å². The molecule has 2 N–H and O–H groups in total. The molecule has 1 fully saturated rings. The molecule has 4 amide bonds. The highest BCUT2D eigenvalue weighted by molar-refractivity contribution is 8.13. The number of hydrogen-bond donors (Lipinski definition) is 2. The second-order valence-corrected chi connectivity index (χ2v) is 6.27. The molecule has 0 saturated carbocycles. The Morgan fingerprint density at radius 1 is 1.20 bits per heavy atom. The first-order valence-corrected chi connectivity index (χ1v) is 8.72. The third kappa shape index (κ3) is 6.84. The van der Waals surface area contributed by atoms with E-state index in [2.05, 4.69) is 10.6 Å². The number of hydrogen-bond acceptors (Lipinski definition) is 6. The van der Waals surface area contributed by atoms with Crippen LogP contribution in [0.5, 0.6) is 0 Å². The summed E-state index contributed by atoms with van der Waals surface area (Å²) in [6, 6.07) is 8.56. The summed E-state index contributed by atoms with van der Waals surface area (Å²) in [5.74, 6) is -0.592. The summed E-state index contributed by atoms with van der Waals surface area (Å²) in [6.45, 7) is 0.616. The van der Waals surface area contributed by atoms with Gasteiger partial charge < -0.3 is 15.0 Å². The lowest BCUT2D eigenvalue weighted by atomic mass is 10.2. The van der Waals surface area contributed by atoms with E-state index in [4.69, 9.17) is 4.74 Å². The minimum absolute atomic E-state index is 0.0137. The lowest BCUT2D eigenvalue weighted by Gasteiger charge is -2.13. The van der Waals surface area contributed by atoms with Gasteiger partial charge in [-0.15, -0.1) is 0 Å². The first-order valence-electron chi connectivity index (χ1n) is 7.73. The molecule has 0 bridgehead atoms. The molecule has 9 heteroatoms. The van der Waals surface area contributed by atoms with Gasteiger partial charge in [-0.3, -0.25) is 19.7 Å². The number of esters is 1. The van der Waals surface area contributed by atoms with E-state index in [9.17, 15) is 19.2 Å². The monoisotopic (exact) mass is 365 g/mol. The number of urea groups is 1. The molecule has 0 atom stereocenters. The Bertz CT molecular complexity index is 638. The number of carbonyl (C=O) groups excluding carboxylic acids is 4. The highest BCUT2D eigenvalue weighted by Crippen LogP contribution is 2.17. The summed E-state index contributed by atoms with van der Waals surface area (Å²) in [7, 11) is 0. The smallest absolute Gasteiger partial charge is 0.321 e. The maximum Gasteiger partial charge on any atom is 0.321 e. The zero-order chi connectivity index (χ0) is 18.1. The fourth-order valence-electron chi connectivity index (χ4n) is 2.06. The van der Waals surface area contributed by atoms with Crippen LogP contribution < -0.4 is 10.6 Å². The Kier molecular flexibility index (Phi) is 7.27. The number of carbonyl (C=O) groups is 4. The van der Waals surface area contributed by atoms with Crippen molar-refractivity contribution in [2.24, 2.45) is 0 Å². The molecular formula is C16H19N3O5S.